The summed E-state index contributed by atoms with van der Waals surface area (Å²) in [6.45, 7) is 0.340. The molecule has 0 spiro atoms. The van der Waals surface area contributed by atoms with Gasteiger partial charge >= 0.3 is 0 Å². The van der Waals surface area contributed by atoms with E-state index in [-0.39, 0.29) is 18.2 Å². The highest BCUT2D eigenvalue weighted by Gasteiger charge is 2.39. The van der Waals surface area contributed by atoms with E-state index in [2.05, 4.69) is 5.32 Å². The van der Waals surface area contributed by atoms with Crippen molar-refractivity contribution in [2.45, 2.75) is 25.4 Å². The summed E-state index contributed by atoms with van der Waals surface area (Å²) in [6, 6.07) is 12.7. The maximum atomic E-state index is 12.9. The monoisotopic (exact) mass is 430 g/mol. The molecule has 5 rings (SSSR count). The van der Waals surface area contributed by atoms with E-state index in [1.54, 1.807) is 18.1 Å². The molecule has 8 heteroatoms. The summed E-state index contributed by atoms with van der Waals surface area (Å²) in [7, 11) is 3.57. The lowest BCUT2D eigenvalue weighted by molar-refractivity contribution is -0.136. The van der Waals surface area contributed by atoms with E-state index in [4.69, 9.17) is 9.72 Å². The molecule has 1 saturated heterocycles. The number of hydrogen-bond donors (Lipinski definition) is 1. The molecule has 2 aliphatic heterocycles. The Hall–Kier alpha value is -3.94. The zero-order valence-corrected chi connectivity index (χ0v) is 17.8. The number of carbonyl (C=O) groups is 3. The Morgan fingerprint density at radius 3 is 2.53 bits per heavy atom. The lowest BCUT2D eigenvalue weighted by atomic mass is 10.0. The Labute approximate surface area is 184 Å². The van der Waals surface area contributed by atoms with Crippen LogP contribution >= 0.6 is 0 Å². The Kier molecular flexibility index (Phi) is 4.77. The van der Waals surface area contributed by atoms with E-state index >= 15 is 0 Å². The molecular weight excluding hydrogens is 408 g/mol. The van der Waals surface area contributed by atoms with Gasteiger partial charge in [-0.25, -0.2) is 4.98 Å². The fourth-order valence-corrected chi connectivity index (χ4v) is 4.35. The minimum absolute atomic E-state index is 0.180. The Morgan fingerprint density at radius 2 is 1.81 bits per heavy atom. The number of piperidine rings is 1. The fourth-order valence-electron chi connectivity index (χ4n) is 4.35. The van der Waals surface area contributed by atoms with Gasteiger partial charge < -0.3 is 14.2 Å². The summed E-state index contributed by atoms with van der Waals surface area (Å²) >= 11 is 0. The average molecular weight is 430 g/mol. The van der Waals surface area contributed by atoms with Gasteiger partial charge in [-0.05, 0) is 48.4 Å². The van der Waals surface area contributed by atoms with Crippen LogP contribution < -0.4 is 10.1 Å². The van der Waals surface area contributed by atoms with Gasteiger partial charge in [0.05, 0.1) is 12.8 Å². The quantitative estimate of drug-likeness (QED) is 0.642. The molecule has 0 aliphatic carbocycles. The van der Waals surface area contributed by atoms with Crippen LogP contribution in [0.2, 0.25) is 0 Å². The van der Waals surface area contributed by atoms with Crippen molar-refractivity contribution in [2.75, 3.05) is 7.11 Å². The maximum absolute atomic E-state index is 12.9. The summed E-state index contributed by atoms with van der Waals surface area (Å²) in [5.41, 5.74) is 4.11. The van der Waals surface area contributed by atoms with Gasteiger partial charge in [0.25, 0.3) is 5.91 Å². The second kappa shape index (κ2) is 7.64. The predicted octanol–water partition coefficient (Wildman–Crippen LogP) is 2.52. The molecule has 3 aromatic rings. The first kappa shape index (κ1) is 20.0. The standard InChI is InChI=1S/C24H22N4O4/c1-27-13-19(25-22(27)14-3-6-17(32-2)7-4-14)15-5-8-18-16(11-15)12-28(24(18)31)20-9-10-21(29)26-23(20)30/h3-8,11,13,20H,9-10,12H2,1-2H3,(H,26,29,30). The van der Waals surface area contributed by atoms with Gasteiger partial charge in [-0.3, -0.25) is 19.7 Å². The van der Waals surface area contributed by atoms with Crippen LogP contribution in [0.3, 0.4) is 0 Å². The van der Waals surface area contributed by atoms with E-state index in [1.165, 1.54) is 0 Å². The summed E-state index contributed by atoms with van der Waals surface area (Å²) in [5, 5.41) is 2.33. The molecular formula is C24H22N4O4. The number of benzene rings is 2. The molecule has 1 fully saturated rings. The van der Waals surface area contributed by atoms with Crippen LogP contribution in [0.1, 0.15) is 28.8 Å². The molecule has 1 atom stereocenters. The molecule has 162 valence electrons. The van der Waals surface area contributed by atoms with Crippen LogP contribution in [-0.4, -0.2) is 45.3 Å². The number of nitrogens with one attached hydrogen (secondary N) is 1. The van der Waals surface area contributed by atoms with Crippen LogP contribution in [0.4, 0.5) is 0 Å². The number of fused-ring (bicyclic) bond motifs is 1. The molecule has 8 nitrogen and oxygen atoms in total. The smallest absolute Gasteiger partial charge is 0.255 e. The number of imidazole rings is 1. The van der Waals surface area contributed by atoms with E-state index in [0.29, 0.717) is 18.5 Å². The number of ether oxygens (including phenoxy) is 1. The third kappa shape index (κ3) is 3.33. The minimum atomic E-state index is -0.618. The Morgan fingerprint density at radius 1 is 1.06 bits per heavy atom. The zero-order chi connectivity index (χ0) is 22.4. The number of hydrogen-bond acceptors (Lipinski definition) is 5. The topological polar surface area (TPSA) is 93.5 Å². The number of methoxy groups -OCH3 is 1. The van der Waals surface area contributed by atoms with Crippen LogP contribution in [0.15, 0.2) is 48.7 Å². The van der Waals surface area contributed by atoms with E-state index in [1.807, 2.05) is 54.2 Å². The van der Waals surface area contributed by atoms with Gasteiger partial charge in [0.2, 0.25) is 11.8 Å². The summed E-state index contributed by atoms with van der Waals surface area (Å²) in [4.78, 5) is 42.9. The molecule has 0 bridgehead atoms. The molecule has 3 heterocycles. The van der Waals surface area contributed by atoms with E-state index in [0.717, 1.165) is 34.0 Å². The molecule has 1 aromatic heterocycles. The number of amides is 3. The molecule has 0 radical (unpaired) electrons. The number of imide groups is 1. The van der Waals surface area contributed by atoms with Gasteiger partial charge in [-0.15, -0.1) is 0 Å². The van der Waals surface area contributed by atoms with Crippen molar-refractivity contribution in [3.05, 3.63) is 59.8 Å². The van der Waals surface area contributed by atoms with Gasteiger partial charge in [-0.1, -0.05) is 6.07 Å². The molecule has 1 unspecified atom stereocenters. The number of nitrogens with zero attached hydrogens (tertiary/aromatic N) is 3. The highest BCUT2D eigenvalue weighted by molar-refractivity contribution is 6.05. The minimum Gasteiger partial charge on any atom is -0.497 e. The highest BCUT2D eigenvalue weighted by Crippen LogP contribution is 2.32. The third-order valence-electron chi connectivity index (χ3n) is 6.04. The summed E-state index contributed by atoms with van der Waals surface area (Å²) < 4.78 is 7.19. The predicted molar refractivity (Wildman–Crippen MR) is 117 cm³/mol. The molecule has 0 saturated carbocycles. The van der Waals surface area contributed by atoms with Crippen LogP contribution in [0, 0.1) is 0 Å². The third-order valence-corrected chi connectivity index (χ3v) is 6.04. The Balaban J connectivity index is 1.42. The molecule has 2 aliphatic rings. The van der Waals surface area contributed by atoms with Gasteiger partial charge in [0.15, 0.2) is 0 Å². The second-order valence-electron chi connectivity index (χ2n) is 8.06. The number of rotatable bonds is 4. The molecule has 3 amide bonds. The van der Waals surface area contributed by atoms with Crippen LogP contribution in [-0.2, 0) is 23.2 Å². The maximum Gasteiger partial charge on any atom is 0.255 e. The number of carbonyl (C=O) groups excluding carboxylic acids is 3. The second-order valence-corrected chi connectivity index (χ2v) is 8.06. The first-order valence-corrected chi connectivity index (χ1v) is 10.4. The van der Waals surface area contributed by atoms with Crippen molar-refractivity contribution in [1.29, 1.82) is 0 Å². The molecule has 2 aromatic carbocycles. The van der Waals surface area contributed by atoms with Crippen molar-refractivity contribution >= 4 is 17.7 Å². The SMILES string of the molecule is COc1ccc(-c2nc(-c3ccc4c(c3)CN(C3CCC(=O)NC3=O)C4=O)cn2C)cc1. The lowest BCUT2D eigenvalue weighted by Gasteiger charge is -2.29. The normalized spacial score (nSPS) is 18.0. The van der Waals surface area contributed by atoms with Crippen LogP contribution in [0.25, 0.3) is 22.6 Å². The van der Waals surface area contributed by atoms with Gasteiger partial charge in [0, 0.05) is 42.9 Å². The molecule has 32 heavy (non-hydrogen) atoms. The first-order chi connectivity index (χ1) is 15.4. The summed E-state index contributed by atoms with van der Waals surface area (Å²) in [6.07, 6.45) is 2.54. The van der Waals surface area contributed by atoms with Gasteiger partial charge in [0.1, 0.15) is 17.6 Å². The average Bonchev–Trinajstić information content (AvgIpc) is 3.33. The van der Waals surface area contributed by atoms with Crippen molar-refractivity contribution < 1.29 is 19.1 Å². The van der Waals surface area contributed by atoms with Crippen molar-refractivity contribution in [3.8, 4) is 28.4 Å². The highest BCUT2D eigenvalue weighted by atomic mass is 16.5. The lowest BCUT2D eigenvalue weighted by Crippen LogP contribution is -2.52. The Bertz CT molecular complexity index is 1250. The van der Waals surface area contributed by atoms with Crippen molar-refractivity contribution in [2.24, 2.45) is 7.05 Å². The van der Waals surface area contributed by atoms with Gasteiger partial charge in [-0.2, -0.15) is 0 Å². The number of aryl methyl sites for hydroxylation is 1. The van der Waals surface area contributed by atoms with Crippen molar-refractivity contribution in [1.82, 2.24) is 19.8 Å². The first-order valence-electron chi connectivity index (χ1n) is 10.4. The van der Waals surface area contributed by atoms with Crippen molar-refractivity contribution in [3.63, 3.8) is 0 Å². The number of aromatic nitrogens is 2. The largest absolute Gasteiger partial charge is 0.497 e. The van der Waals surface area contributed by atoms with E-state index in [9.17, 15) is 14.4 Å². The fraction of sp³-hybridized carbons (Fsp3) is 0.250. The van der Waals surface area contributed by atoms with E-state index < -0.39 is 11.9 Å². The summed E-state index contributed by atoms with van der Waals surface area (Å²) in [5.74, 6) is 0.731. The zero-order valence-electron chi connectivity index (χ0n) is 17.8. The van der Waals surface area contributed by atoms with Crippen LogP contribution in [0.5, 0.6) is 5.75 Å². The molecule has 1 N–H and O–H groups in total.